The van der Waals surface area contributed by atoms with E-state index in [9.17, 15) is 18.4 Å². The zero-order valence-corrected chi connectivity index (χ0v) is 14.9. The molecule has 5 nitrogen and oxygen atoms in total. The Morgan fingerprint density at radius 1 is 1.04 bits per heavy atom. The van der Waals surface area contributed by atoms with Gasteiger partial charge in [-0.25, -0.2) is 13.6 Å². The number of hydrogen-bond donors (Lipinski definition) is 0. The number of likely N-dealkylation sites (tertiary alicyclic amines) is 1. The summed E-state index contributed by atoms with van der Waals surface area (Å²) < 4.78 is 37.2. The number of amides is 1. The third kappa shape index (κ3) is 3.60. The maximum atomic E-state index is 13.3. The summed E-state index contributed by atoms with van der Waals surface area (Å²) in [4.78, 5) is 26.5. The number of nitrogens with zero attached hydrogens (tertiary/aromatic N) is 1. The normalized spacial score (nSPS) is 15.0. The summed E-state index contributed by atoms with van der Waals surface area (Å²) in [5.74, 6) is -2.03. The highest BCUT2D eigenvalue weighted by Crippen LogP contribution is 2.22. The van der Waals surface area contributed by atoms with E-state index >= 15 is 0 Å². The van der Waals surface area contributed by atoms with Crippen LogP contribution in [0.3, 0.4) is 0 Å². The van der Waals surface area contributed by atoms with E-state index in [-0.39, 0.29) is 23.3 Å². The van der Waals surface area contributed by atoms with Gasteiger partial charge in [-0.15, -0.1) is 0 Å². The van der Waals surface area contributed by atoms with Crippen molar-refractivity contribution in [2.45, 2.75) is 18.9 Å². The van der Waals surface area contributed by atoms with Crippen molar-refractivity contribution in [3.8, 4) is 5.75 Å². The fraction of sp³-hybridized carbons (Fsp3) is 0.238. The molecule has 1 aromatic heterocycles. The molecule has 2 heterocycles. The topological polar surface area (TPSA) is 59.8 Å². The summed E-state index contributed by atoms with van der Waals surface area (Å²) in [5, 5.41) is 0.682. The summed E-state index contributed by atoms with van der Waals surface area (Å²) in [6.07, 6.45) is 0.815. The van der Waals surface area contributed by atoms with Crippen molar-refractivity contribution in [2.75, 3.05) is 13.1 Å². The number of rotatable bonds is 3. The molecule has 144 valence electrons. The van der Waals surface area contributed by atoms with Crippen LogP contribution in [0.25, 0.3) is 11.0 Å². The molecule has 1 fully saturated rings. The van der Waals surface area contributed by atoms with E-state index in [1.54, 1.807) is 35.2 Å². The van der Waals surface area contributed by atoms with Gasteiger partial charge in [-0.05, 0) is 24.3 Å². The van der Waals surface area contributed by atoms with E-state index in [4.69, 9.17) is 9.15 Å². The molecule has 1 aliphatic rings. The molecule has 1 saturated heterocycles. The van der Waals surface area contributed by atoms with Crippen LogP contribution < -0.4 is 10.4 Å². The van der Waals surface area contributed by atoms with Gasteiger partial charge in [0.25, 0.3) is 5.91 Å². The second kappa shape index (κ2) is 7.42. The lowest BCUT2D eigenvalue weighted by atomic mass is 10.1. The van der Waals surface area contributed by atoms with Crippen molar-refractivity contribution >= 4 is 16.9 Å². The second-order valence-corrected chi connectivity index (χ2v) is 6.67. The molecule has 2 aromatic carbocycles. The standard InChI is InChI=1S/C21H17F2NO4/c22-17-6-5-15(12-18(17)23)27-14-7-9-24(10-8-14)20(25)16-11-13-3-1-2-4-19(13)28-21(16)26/h1-6,11-12,14H,7-10H2. The highest BCUT2D eigenvalue weighted by molar-refractivity contribution is 5.96. The largest absolute Gasteiger partial charge is 0.490 e. The molecule has 0 unspecified atom stereocenters. The number of para-hydroxylation sites is 1. The molecule has 3 aromatic rings. The van der Waals surface area contributed by atoms with Crippen LogP contribution >= 0.6 is 0 Å². The van der Waals surface area contributed by atoms with Crippen LogP contribution in [-0.4, -0.2) is 30.0 Å². The van der Waals surface area contributed by atoms with Gasteiger partial charge in [-0.1, -0.05) is 18.2 Å². The molecule has 4 rings (SSSR count). The Balaban J connectivity index is 1.43. The molecule has 0 aliphatic carbocycles. The van der Waals surface area contributed by atoms with Crippen molar-refractivity contribution in [3.63, 3.8) is 0 Å². The predicted molar refractivity (Wildman–Crippen MR) is 98.4 cm³/mol. The van der Waals surface area contributed by atoms with Gasteiger partial charge in [0.15, 0.2) is 11.6 Å². The summed E-state index contributed by atoms with van der Waals surface area (Å²) in [5.41, 5.74) is -0.231. The maximum Gasteiger partial charge on any atom is 0.349 e. The van der Waals surface area contributed by atoms with Crippen LogP contribution in [0.1, 0.15) is 23.2 Å². The van der Waals surface area contributed by atoms with Gasteiger partial charge >= 0.3 is 5.63 Å². The first-order valence-corrected chi connectivity index (χ1v) is 8.95. The van der Waals surface area contributed by atoms with Crippen LogP contribution in [0.4, 0.5) is 8.78 Å². The van der Waals surface area contributed by atoms with Gasteiger partial charge < -0.3 is 14.1 Å². The number of halogens is 2. The molecule has 0 spiro atoms. The number of piperidine rings is 1. The van der Waals surface area contributed by atoms with E-state index in [1.165, 1.54) is 6.07 Å². The Kier molecular flexibility index (Phi) is 4.81. The molecule has 1 amide bonds. The van der Waals surface area contributed by atoms with Gasteiger partial charge in [0.05, 0.1) is 0 Å². The molecule has 0 bridgehead atoms. The molecule has 0 N–H and O–H groups in total. The Morgan fingerprint density at radius 2 is 1.79 bits per heavy atom. The van der Waals surface area contributed by atoms with Crippen LogP contribution in [0.15, 0.2) is 57.7 Å². The molecule has 7 heteroatoms. The van der Waals surface area contributed by atoms with Gasteiger partial charge in [0.2, 0.25) is 0 Å². The molecule has 28 heavy (non-hydrogen) atoms. The predicted octanol–water partition coefficient (Wildman–Crippen LogP) is 3.75. The lowest BCUT2D eigenvalue weighted by molar-refractivity contribution is 0.0591. The van der Waals surface area contributed by atoms with Crippen LogP contribution in [0.5, 0.6) is 5.75 Å². The second-order valence-electron chi connectivity index (χ2n) is 6.67. The minimum atomic E-state index is -0.965. The third-order valence-electron chi connectivity index (χ3n) is 4.79. The lowest BCUT2D eigenvalue weighted by Gasteiger charge is -2.32. The average Bonchev–Trinajstić information content (AvgIpc) is 2.70. The highest BCUT2D eigenvalue weighted by atomic mass is 19.2. The first-order valence-electron chi connectivity index (χ1n) is 8.95. The first-order chi connectivity index (χ1) is 13.5. The lowest BCUT2D eigenvalue weighted by Crippen LogP contribution is -2.43. The third-order valence-corrected chi connectivity index (χ3v) is 4.79. The van der Waals surface area contributed by atoms with Crippen molar-refractivity contribution in [2.24, 2.45) is 0 Å². The van der Waals surface area contributed by atoms with E-state index in [1.807, 2.05) is 0 Å². The van der Waals surface area contributed by atoms with E-state index < -0.39 is 17.3 Å². The molecule has 1 aliphatic heterocycles. The molecule has 0 atom stereocenters. The number of hydrogen-bond acceptors (Lipinski definition) is 4. The van der Waals surface area contributed by atoms with E-state index in [0.717, 1.165) is 12.1 Å². The van der Waals surface area contributed by atoms with Crippen LogP contribution in [-0.2, 0) is 0 Å². The first kappa shape index (κ1) is 18.2. The van der Waals surface area contributed by atoms with Crippen molar-refractivity contribution in [1.29, 1.82) is 0 Å². The molecular formula is C21H17F2NO4. The Labute approximate surface area is 159 Å². The zero-order valence-electron chi connectivity index (χ0n) is 14.9. The highest BCUT2D eigenvalue weighted by Gasteiger charge is 2.27. The number of carbonyl (C=O) groups excluding carboxylic acids is 1. The van der Waals surface area contributed by atoms with Crippen molar-refractivity contribution < 1.29 is 22.7 Å². The molecule has 0 saturated carbocycles. The van der Waals surface area contributed by atoms with Gasteiger partial charge in [-0.3, -0.25) is 4.79 Å². The minimum Gasteiger partial charge on any atom is -0.490 e. The monoisotopic (exact) mass is 385 g/mol. The Morgan fingerprint density at radius 3 is 2.54 bits per heavy atom. The smallest absolute Gasteiger partial charge is 0.349 e. The van der Waals surface area contributed by atoms with E-state index in [2.05, 4.69) is 0 Å². The van der Waals surface area contributed by atoms with Crippen LogP contribution in [0.2, 0.25) is 0 Å². The number of fused-ring (bicyclic) bond motifs is 1. The SMILES string of the molecule is O=C(c1cc2ccccc2oc1=O)N1CCC(Oc2ccc(F)c(F)c2)CC1. The summed E-state index contributed by atoms with van der Waals surface area (Å²) in [6, 6.07) is 11.9. The maximum absolute atomic E-state index is 13.3. The number of benzene rings is 2. The fourth-order valence-electron chi connectivity index (χ4n) is 3.30. The number of carbonyl (C=O) groups is 1. The minimum absolute atomic E-state index is 0.00123. The zero-order chi connectivity index (χ0) is 19.7. The van der Waals surface area contributed by atoms with Crippen molar-refractivity contribution in [3.05, 3.63) is 76.1 Å². The Bertz CT molecular complexity index is 1090. The van der Waals surface area contributed by atoms with Gasteiger partial charge in [0.1, 0.15) is 23.0 Å². The quantitative estimate of drug-likeness (QED) is 0.645. The molecular weight excluding hydrogens is 368 g/mol. The number of ether oxygens (including phenoxy) is 1. The van der Waals surface area contributed by atoms with Crippen LogP contribution in [0, 0.1) is 11.6 Å². The van der Waals surface area contributed by atoms with E-state index in [0.29, 0.717) is 36.9 Å². The summed E-state index contributed by atoms with van der Waals surface area (Å²) in [7, 11) is 0. The fourth-order valence-corrected chi connectivity index (χ4v) is 3.30. The van der Waals surface area contributed by atoms with Crippen molar-refractivity contribution in [1.82, 2.24) is 4.90 Å². The summed E-state index contributed by atoms with van der Waals surface area (Å²) in [6.45, 7) is 0.777. The van der Waals surface area contributed by atoms with Gasteiger partial charge in [0, 0.05) is 37.4 Å². The summed E-state index contributed by atoms with van der Waals surface area (Å²) >= 11 is 0. The Hall–Kier alpha value is -3.22. The van der Waals surface area contributed by atoms with Gasteiger partial charge in [-0.2, -0.15) is 0 Å². The average molecular weight is 385 g/mol. The molecule has 0 radical (unpaired) electrons.